The van der Waals surface area contributed by atoms with E-state index in [1.165, 1.54) is 6.21 Å². The molecule has 2 aromatic rings. The molecule has 0 unspecified atom stereocenters. The maximum Gasteiger partial charge on any atom is 0.251 e. The van der Waals surface area contributed by atoms with Crippen LogP contribution in [0, 0.1) is 6.92 Å². The quantitative estimate of drug-likeness (QED) is 0.658. The molecule has 0 fully saturated rings. The Morgan fingerprint density at radius 2 is 1.73 bits per heavy atom. The Morgan fingerprint density at radius 1 is 1.05 bits per heavy atom. The summed E-state index contributed by atoms with van der Waals surface area (Å²) in [6.07, 6.45) is 5.01. The summed E-state index contributed by atoms with van der Waals surface area (Å²) < 4.78 is 23.7. The lowest BCUT2D eigenvalue weighted by molar-refractivity contribution is 0.584. The minimum absolute atomic E-state index is 0.0906. The second-order valence-electron chi connectivity index (χ2n) is 4.83. The summed E-state index contributed by atoms with van der Waals surface area (Å²) in [6, 6.07) is 16.9. The summed E-state index contributed by atoms with van der Waals surface area (Å²) in [6.45, 7) is 2.01. The molecule has 1 N–H and O–H groups in total. The van der Waals surface area contributed by atoms with Gasteiger partial charge < -0.3 is 0 Å². The van der Waals surface area contributed by atoms with Crippen molar-refractivity contribution in [1.82, 2.24) is 4.83 Å². The minimum Gasteiger partial charge on any atom is -0.205 e. The van der Waals surface area contributed by atoms with Crippen LogP contribution in [0.1, 0.15) is 16.7 Å². The Bertz CT molecular complexity index is 766. The van der Waals surface area contributed by atoms with Gasteiger partial charge in [-0.1, -0.05) is 60.7 Å². The highest BCUT2D eigenvalue weighted by molar-refractivity contribution is 7.88. The van der Waals surface area contributed by atoms with E-state index < -0.39 is 10.0 Å². The largest absolute Gasteiger partial charge is 0.251 e. The third kappa shape index (κ3) is 5.18. The molecule has 0 spiro atoms. The van der Waals surface area contributed by atoms with Crippen molar-refractivity contribution in [2.24, 2.45) is 5.10 Å². The maximum atomic E-state index is 11.8. The molecule has 2 aromatic carbocycles. The summed E-state index contributed by atoms with van der Waals surface area (Å²) in [5, 5.41) is 3.73. The Balaban J connectivity index is 1.90. The van der Waals surface area contributed by atoms with Crippen LogP contribution >= 0.6 is 0 Å². The van der Waals surface area contributed by atoms with Crippen molar-refractivity contribution < 1.29 is 8.42 Å². The fraction of sp³-hybridized carbons (Fsp3) is 0.118. The second-order valence-corrected chi connectivity index (χ2v) is 6.53. The molecule has 22 heavy (non-hydrogen) atoms. The van der Waals surface area contributed by atoms with Gasteiger partial charge in [0, 0.05) is 6.21 Å². The van der Waals surface area contributed by atoms with Gasteiger partial charge in [0.15, 0.2) is 0 Å². The van der Waals surface area contributed by atoms with E-state index in [0.29, 0.717) is 0 Å². The zero-order valence-corrected chi connectivity index (χ0v) is 13.1. The van der Waals surface area contributed by atoms with Crippen LogP contribution in [0.4, 0.5) is 0 Å². The van der Waals surface area contributed by atoms with Crippen molar-refractivity contribution in [3.8, 4) is 0 Å². The molecule has 4 nitrogen and oxygen atoms in total. The summed E-state index contributed by atoms with van der Waals surface area (Å²) in [7, 11) is -3.47. The summed E-state index contributed by atoms with van der Waals surface area (Å²) >= 11 is 0. The summed E-state index contributed by atoms with van der Waals surface area (Å²) in [4.78, 5) is 2.20. The molecule has 5 heteroatoms. The SMILES string of the molecule is Cc1ccccc1C=CC=NNS(=O)(=O)Cc1ccccc1. The molecule has 0 bridgehead atoms. The lowest BCUT2D eigenvalue weighted by Crippen LogP contribution is -2.19. The monoisotopic (exact) mass is 314 g/mol. The molecular weight excluding hydrogens is 296 g/mol. The Hall–Kier alpha value is -2.40. The van der Waals surface area contributed by atoms with Crippen LogP contribution in [0.2, 0.25) is 0 Å². The van der Waals surface area contributed by atoms with E-state index in [1.807, 2.05) is 43.3 Å². The topological polar surface area (TPSA) is 58.5 Å². The van der Waals surface area contributed by atoms with Gasteiger partial charge in [-0.3, -0.25) is 0 Å². The summed E-state index contributed by atoms with van der Waals surface area (Å²) in [5.41, 5.74) is 2.94. The molecule has 0 saturated carbocycles. The van der Waals surface area contributed by atoms with Gasteiger partial charge in [-0.25, -0.2) is 13.2 Å². The zero-order valence-electron chi connectivity index (χ0n) is 12.3. The lowest BCUT2D eigenvalue weighted by Gasteiger charge is -2.02. The number of hydrogen-bond donors (Lipinski definition) is 1. The van der Waals surface area contributed by atoms with Gasteiger partial charge in [0.05, 0.1) is 5.75 Å². The first-order chi connectivity index (χ1) is 10.6. The fourth-order valence-corrected chi connectivity index (χ4v) is 2.82. The molecule has 0 radical (unpaired) electrons. The van der Waals surface area contributed by atoms with E-state index in [9.17, 15) is 8.42 Å². The van der Waals surface area contributed by atoms with Crippen LogP contribution in [-0.2, 0) is 15.8 Å². The number of rotatable bonds is 6. The average Bonchev–Trinajstić information content (AvgIpc) is 2.49. The number of nitrogens with one attached hydrogen (secondary N) is 1. The van der Waals surface area contributed by atoms with Crippen molar-refractivity contribution >= 4 is 22.3 Å². The molecule has 0 aliphatic heterocycles. The number of hydrazone groups is 1. The van der Waals surface area contributed by atoms with Gasteiger partial charge in [0.25, 0.3) is 10.0 Å². The molecule has 114 valence electrons. The van der Waals surface area contributed by atoms with Crippen molar-refractivity contribution in [3.63, 3.8) is 0 Å². The number of nitrogens with zero attached hydrogens (tertiary/aromatic N) is 1. The molecule has 0 aliphatic rings. The first-order valence-corrected chi connectivity index (χ1v) is 8.51. The first kappa shape index (κ1) is 16.0. The van der Waals surface area contributed by atoms with Gasteiger partial charge in [0.2, 0.25) is 0 Å². The highest BCUT2D eigenvalue weighted by Gasteiger charge is 2.08. The van der Waals surface area contributed by atoms with Crippen LogP contribution in [-0.4, -0.2) is 14.6 Å². The highest BCUT2D eigenvalue weighted by atomic mass is 32.2. The predicted octanol–water partition coefficient (Wildman–Crippen LogP) is 3.11. The number of hydrogen-bond acceptors (Lipinski definition) is 3. The molecule has 0 heterocycles. The number of allylic oxidation sites excluding steroid dienone is 1. The Labute approximate surface area is 131 Å². The van der Waals surface area contributed by atoms with E-state index in [4.69, 9.17) is 0 Å². The predicted molar refractivity (Wildman–Crippen MR) is 90.9 cm³/mol. The Morgan fingerprint density at radius 3 is 2.45 bits per heavy atom. The second kappa shape index (κ2) is 7.56. The number of benzene rings is 2. The number of sulfonamides is 1. The van der Waals surface area contributed by atoms with Crippen molar-refractivity contribution in [1.29, 1.82) is 0 Å². The van der Waals surface area contributed by atoms with Crippen LogP contribution in [0.5, 0.6) is 0 Å². The van der Waals surface area contributed by atoms with E-state index in [0.717, 1.165) is 16.7 Å². The van der Waals surface area contributed by atoms with Crippen molar-refractivity contribution in [2.75, 3.05) is 0 Å². The van der Waals surface area contributed by atoms with Gasteiger partial charge in [0.1, 0.15) is 0 Å². The van der Waals surface area contributed by atoms with E-state index in [2.05, 4.69) is 9.93 Å². The lowest BCUT2D eigenvalue weighted by atomic mass is 10.1. The molecule has 0 saturated heterocycles. The van der Waals surface area contributed by atoms with Crippen LogP contribution in [0.25, 0.3) is 6.08 Å². The normalized spacial score (nSPS) is 12.0. The third-order valence-electron chi connectivity index (χ3n) is 3.02. The minimum atomic E-state index is -3.47. The summed E-state index contributed by atoms with van der Waals surface area (Å²) in [5.74, 6) is -0.0906. The third-order valence-corrected chi connectivity index (χ3v) is 4.11. The van der Waals surface area contributed by atoms with Crippen molar-refractivity contribution in [3.05, 3.63) is 77.4 Å². The van der Waals surface area contributed by atoms with E-state index in [-0.39, 0.29) is 5.75 Å². The fourth-order valence-electron chi connectivity index (χ4n) is 1.90. The van der Waals surface area contributed by atoms with Crippen LogP contribution in [0.15, 0.2) is 65.8 Å². The molecular formula is C17H18N2O2S. The van der Waals surface area contributed by atoms with E-state index >= 15 is 0 Å². The van der Waals surface area contributed by atoms with E-state index in [1.54, 1.807) is 30.3 Å². The highest BCUT2D eigenvalue weighted by Crippen LogP contribution is 2.08. The molecule has 0 amide bonds. The smallest absolute Gasteiger partial charge is 0.205 e. The Kier molecular flexibility index (Phi) is 5.49. The number of aryl methyl sites for hydroxylation is 1. The molecule has 0 aromatic heterocycles. The van der Waals surface area contributed by atoms with Gasteiger partial charge >= 0.3 is 0 Å². The van der Waals surface area contributed by atoms with Gasteiger partial charge in [-0.15, -0.1) is 0 Å². The molecule has 0 aliphatic carbocycles. The average molecular weight is 314 g/mol. The van der Waals surface area contributed by atoms with Crippen LogP contribution in [0.3, 0.4) is 0 Å². The maximum absolute atomic E-state index is 11.8. The zero-order chi connectivity index (χ0) is 15.8. The van der Waals surface area contributed by atoms with Gasteiger partial charge in [-0.2, -0.15) is 5.10 Å². The molecule has 0 atom stereocenters. The van der Waals surface area contributed by atoms with Gasteiger partial charge in [-0.05, 0) is 29.7 Å². The van der Waals surface area contributed by atoms with Crippen molar-refractivity contribution in [2.45, 2.75) is 12.7 Å². The standard InChI is InChI=1S/C17H18N2O2S/c1-15-8-5-6-11-17(15)12-7-13-18-19-22(20,21)14-16-9-3-2-4-10-16/h2-13,19H,14H2,1H3. The molecule has 2 rings (SSSR count). The van der Waals surface area contributed by atoms with Crippen LogP contribution < -0.4 is 4.83 Å². The first-order valence-electron chi connectivity index (χ1n) is 6.85.